The molecule has 0 spiro atoms. The molecule has 0 aliphatic carbocycles. The van der Waals surface area contributed by atoms with E-state index in [1.165, 1.54) is 11.1 Å². The van der Waals surface area contributed by atoms with Crippen molar-refractivity contribution in [1.82, 2.24) is 4.57 Å². The van der Waals surface area contributed by atoms with Gasteiger partial charge >= 0.3 is 0 Å². The van der Waals surface area contributed by atoms with Gasteiger partial charge in [0.05, 0.1) is 5.52 Å². The van der Waals surface area contributed by atoms with Gasteiger partial charge in [-0.3, -0.25) is 0 Å². The molecule has 0 unspecified atom stereocenters. The van der Waals surface area contributed by atoms with Gasteiger partial charge in [0.15, 0.2) is 0 Å². The first-order valence-electron chi connectivity index (χ1n) is 4.01. The minimum absolute atomic E-state index is 0.778. The van der Waals surface area contributed by atoms with Crippen LogP contribution in [-0.2, 0) is 7.05 Å². The van der Waals surface area contributed by atoms with Crippen LogP contribution in [0.4, 0.5) is 0 Å². The largest absolute Gasteiger partial charge is 0.347 e. The van der Waals surface area contributed by atoms with Crippen molar-refractivity contribution in [3.8, 4) is 0 Å². The van der Waals surface area contributed by atoms with E-state index in [0.717, 1.165) is 15.0 Å². The SMILES string of the molecule is Cc1c(Br)c2ccc(Cl)cc2n1C. The molecule has 2 rings (SSSR count). The van der Waals surface area contributed by atoms with Crippen molar-refractivity contribution in [1.29, 1.82) is 0 Å². The standard InChI is InChI=1S/C10H9BrClN/c1-6-10(11)8-4-3-7(12)5-9(8)13(6)2/h3-5H,1-2H3. The van der Waals surface area contributed by atoms with Crippen molar-refractivity contribution in [2.45, 2.75) is 6.92 Å². The topological polar surface area (TPSA) is 4.93 Å². The highest BCUT2D eigenvalue weighted by molar-refractivity contribution is 9.10. The minimum Gasteiger partial charge on any atom is -0.347 e. The molecule has 0 aliphatic heterocycles. The van der Waals surface area contributed by atoms with Crippen molar-refractivity contribution < 1.29 is 0 Å². The predicted molar refractivity (Wildman–Crippen MR) is 60.4 cm³/mol. The second-order valence-electron chi connectivity index (χ2n) is 3.12. The lowest BCUT2D eigenvalue weighted by Crippen LogP contribution is -1.89. The first kappa shape index (κ1) is 9.10. The fourth-order valence-electron chi connectivity index (χ4n) is 1.49. The lowest BCUT2D eigenvalue weighted by Gasteiger charge is -1.97. The van der Waals surface area contributed by atoms with Crippen LogP contribution in [0.1, 0.15) is 5.69 Å². The normalized spacial score (nSPS) is 11.1. The van der Waals surface area contributed by atoms with E-state index in [-0.39, 0.29) is 0 Å². The van der Waals surface area contributed by atoms with E-state index in [4.69, 9.17) is 11.6 Å². The molecule has 0 radical (unpaired) electrons. The Balaban J connectivity index is 2.95. The first-order valence-corrected chi connectivity index (χ1v) is 5.18. The van der Waals surface area contributed by atoms with Gasteiger partial charge in [-0.1, -0.05) is 17.7 Å². The molecular weight excluding hydrogens is 249 g/mol. The fraction of sp³-hybridized carbons (Fsp3) is 0.200. The number of nitrogens with zero attached hydrogens (tertiary/aromatic N) is 1. The molecule has 0 saturated carbocycles. The van der Waals surface area contributed by atoms with Crippen LogP contribution in [0.25, 0.3) is 10.9 Å². The zero-order valence-electron chi connectivity index (χ0n) is 7.44. The zero-order valence-corrected chi connectivity index (χ0v) is 9.78. The van der Waals surface area contributed by atoms with Gasteiger partial charge in [-0.05, 0) is 35.0 Å². The number of aromatic nitrogens is 1. The van der Waals surface area contributed by atoms with Crippen LogP contribution >= 0.6 is 27.5 Å². The van der Waals surface area contributed by atoms with Crippen molar-refractivity contribution in [2.24, 2.45) is 7.05 Å². The van der Waals surface area contributed by atoms with Crippen LogP contribution in [0.15, 0.2) is 22.7 Å². The van der Waals surface area contributed by atoms with Crippen molar-refractivity contribution >= 4 is 38.4 Å². The third kappa shape index (κ3) is 1.29. The van der Waals surface area contributed by atoms with E-state index < -0.39 is 0 Å². The van der Waals surface area contributed by atoms with Gasteiger partial charge in [0.25, 0.3) is 0 Å². The quantitative estimate of drug-likeness (QED) is 0.675. The summed E-state index contributed by atoms with van der Waals surface area (Å²) in [6.07, 6.45) is 0. The molecule has 1 heterocycles. The Labute approximate surface area is 90.4 Å². The predicted octanol–water partition coefficient (Wildman–Crippen LogP) is 3.90. The van der Waals surface area contributed by atoms with E-state index in [2.05, 4.69) is 27.4 Å². The number of rotatable bonds is 0. The molecule has 1 aromatic carbocycles. The number of hydrogen-bond acceptors (Lipinski definition) is 0. The van der Waals surface area contributed by atoms with Gasteiger partial charge in [0.2, 0.25) is 0 Å². The fourth-order valence-corrected chi connectivity index (χ4v) is 2.26. The number of fused-ring (bicyclic) bond motifs is 1. The van der Waals surface area contributed by atoms with Gasteiger partial charge in [-0.2, -0.15) is 0 Å². The van der Waals surface area contributed by atoms with E-state index in [9.17, 15) is 0 Å². The molecule has 0 amide bonds. The minimum atomic E-state index is 0.778. The highest BCUT2D eigenvalue weighted by Crippen LogP contribution is 2.31. The molecule has 0 N–H and O–H groups in total. The molecule has 0 aliphatic rings. The van der Waals surface area contributed by atoms with E-state index in [1.54, 1.807) is 0 Å². The molecule has 0 fully saturated rings. The average Bonchev–Trinajstić information content (AvgIpc) is 2.32. The summed E-state index contributed by atoms with van der Waals surface area (Å²) in [4.78, 5) is 0. The van der Waals surface area contributed by atoms with Gasteiger partial charge < -0.3 is 4.57 Å². The molecule has 68 valence electrons. The Hall–Kier alpha value is -0.470. The Bertz CT molecular complexity index is 473. The maximum absolute atomic E-state index is 5.92. The van der Waals surface area contributed by atoms with Crippen LogP contribution < -0.4 is 0 Å². The second kappa shape index (κ2) is 3.03. The summed E-state index contributed by atoms with van der Waals surface area (Å²) < 4.78 is 3.28. The average molecular weight is 259 g/mol. The number of aryl methyl sites for hydroxylation is 1. The molecule has 3 heteroatoms. The molecular formula is C10H9BrClN. The summed E-state index contributed by atoms with van der Waals surface area (Å²) in [6.45, 7) is 2.08. The molecule has 13 heavy (non-hydrogen) atoms. The number of benzene rings is 1. The Morgan fingerprint density at radius 1 is 1.38 bits per heavy atom. The molecule has 0 bridgehead atoms. The first-order chi connectivity index (χ1) is 6.11. The highest BCUT2D eigenvalue weighted by atomic mass is 79.9. The summed E-state index contributed by atoms with van der Waals surface area (Å²) in [5, 5.41) is 1.99. The second-order valence-corrected chi connectivity index (χ2v) is 4.35. The summed E-state index contributed by atoms with van der Waals surface area (Å²) in [5.41, 5.74) is 2.38. The van der Waals surface area contributed by atoms with Crippen LogP contribution in [0.3, 0.4) is 0 Å². The lowest BCUT2D eigenvalue weighted by atomic mass is 10.2. The smallest absolute Gasteiger partial charge is 0.0506 e. The van der Waals surface area contributed by atoms with Crippen LogP contribution in [0.5, 0.6) is 0 Å². The van der Waals surface area contributed by atoms with Crippen LogP contribution in [0.2, 0.25) is 5.02 Å². The van der Waals surface area contributed by atoms with Crippen LogP contribution in [0, 0.1) is 6.92 Å². The lowest BCUT2D eigenvalue weighted by molar-refractivity contribution is 0.914. The maximum Gasteiger partial charge on any atom is 0.0506 e. The van der Waals surface area contributed by atoms with Crippen LogP contribution in [-0.4, -0.2) is 4.57 Å². The van der Waals surface area contributed by atoms with E-state index in [1.807, 2.05) is 25.2 Å². The molecule has 1 nitrogen and oxygen atoms in total. The van der Waals surface area contributed by atoms with Gasteiger partial charge in [0, 0.05) is 27.6 Å². The maximum atomic E-state index is 5.92. The monoisotopic (exact) mass is 257 g/mol. The number of halogens is 2. The summed E-state index contributed by atoms with van der Waals surface area (Å²) in [5.74, 6) is 0. The molecule has 0 saturated heterocycles. The van der Waals surface area contributed by atoms with Gasteiger partial charge in [-0.25, -0.2) is 0 Å². The molecule has 1 aromatic heterocycles. The molecule has 2 aromatic rings. The van der Waals surface area contributed by atoms with Crippen molar-refractivity contribution in [3.05, 3.63) is 33.4 Å². The third-order valence-electron chi connectivity index (χ3n) is 2.38. The highest BCUT2D eigenvalue weighted by Gasteiger charge is 2.08. The summed E-state index contributed by atoms with van der Waals surface area (Å²) in [6, 6.07) is 5.93. The van der Waals surface area contributed by atoms with Crippen molar-refractivity contribution in [2.75, 3.05) is 0 Å². The molecule has 0 atom stereocenters. The third-order valence-corrected chi connectivity index (χ3v) is 3.61. The summed E-state index contributed by atoms with van der Waals surface area (Å²) >= 11 is 9.49. The Morgan fingerprint density at radius 3 is 2.77 bits per heavy atom. The van der Waals surface area contributed by atoms with Crippen molar-refractivity contribution in [3.63, 3.8) is 0 Å². The summed E-state index contributed by atoms with van der Waals surface area (Å²) in [7, 11) is 2.04. The van der Waals surface area contributed by atoms with E-state index in [0.29, 0.717) is 0 Å². The Kier molecular flexibility index (Phi) is 2.12. The van der Waals surface area contributed by atoms with Gasteiger partial charge in [0.1, 0.15) is 0 Å². The number of hydrogen-bond donors (Lipinski definition) is 0. The van der Waals surface area contributed by atoms with E-state index >= 15 is 0 Å². The Morgan fingerprint density at radius 2 is 2.08 bits per heavy atom. The zero-order chi connectivity index (χ0) is 9.59. The van der Waals surface area contributed by atoms with Gasteiger partial charge in [-0.15, -0.1) is 0 Å².